The molecule has 2 unspecified atom stereocenters. The Hall–Kier alpha value is -2.91. The fourth-order valence-electron chi connectivity index (χ4n) is 4.09. The number of carbonyl (C=O) groups is 1. The highest BCUT2D eigenvalue weighted by atomic mass is 79.9. The van der Waals surface area contributed by atoms with Crippen LogP contribution in [0.25, 0.3) is 0 Å². The zero-order valence-electron chi connectivity index (χ0n) is 19.9. The van der Waals surface area contributed by atoms with Gasteiger partial charge in [-0.05, 0) is 40.9 Å². The second-order valence-corrected chi connectivity index (χ2v) is 9.44. The van der Waals surface area contributed by atoms with Crippen molar-refractivity contribution < 1.29 is 24.1 Å². The molecule has 4 rings (SSSR count). The minimum absolute atomic E-state index is 0.0920. The van der Waals surface area contributed by atoms with Gasteiger partial charge in [-0.25, -0.2) is 4.98 Å². The Labute approximate surface area is 219 Å². The molecule has 192 valence electrons. The molecular formula is C25H30BrN5O5. The number of rotatable bonds is 10. The third-order valence-electron chi connectivity index (χ3n) is 5.89. The van der Waals surface area contributed by atoms with Gasteiger partial charge in [0.25, 0.3) is 5.91 Å². The summed E-state index contributed by atoms with van der Waals surface area (Å²) >= 11 is 3.33. The van der Waals surface area contributed by atoms with Crippen molar-refractivity contribution in [3.63, 3.8) is 0 Å². The minimum Gasteiger partial charge on any atom is -0.491 e. The number of benzene rings is 1. The number of ether oxygens (including phenoxy) is 3. The number of aliphatic hydroxyl groups is 1. The van der Waals surface area contributed by atoms with E-state index in [2.05, 4.69) is 42.0 Å². The number of terminal acetylenes is 1. The summed E-state index contributed by atoms with van der Waals surface area (Å²) in [5.41, 5.74) is 0.722. The first-order chi connectivity index (χ1) is 17.5. The van der Waals surface area contributed by atoms with Crippen molar-refractivity contribution in [1.82, 2.24) is 19.8 Å². The smallest absolute Gasteiger partial charge is 0.251 e. The van der Waals surface area contributed by atoms with Crippen LogP contribution in [0.15, 0.2) is 34.9 Å². The largest absolute Gasteiger partial charge is 0.491 e. The van der Waals surface area contributed by atoms with E-state index in [4.69, 9.17) is 20.6 Å². The molecule has 0 aliphatic carbocycles. The average molecular weight is 560 g/mol. The summed E-state index contributed by atoms with van der Waals surface area (Å²) in [5.74, 6) is 3.79. The maximum absolute atomic E-state index is 12.5. The van der Waals surface area contributed by atoms with Crippen LogP contribution in [0.4, 0.5) is 11.6 Å². The number of hydrogen-bond acceptors (Lipinski definition) is 9. The zero-order chi connectivity index (χ0) is 25.3. The Morgan fingerprint density at radius 1 is 1.33 bits per heavy atom. The van der Waals surface area contributed by atoms with Gasteiger partial charge in [0.1, 0.15) is 24.6 Å². The van der Waals surface area contributed by atoms with Gasteiger partial charge in [-0.2, -0.15) is 4.98 Å². The Bertz CT molecular complexity index is 1070. The lowest BCUT2D eigenvalue weighted by molar-refractivity contribution is -0.142. The molecule has 11 heteroatoms. The molecule has 3 heterocycles. The van der Waals surface area contributed by atoms with Crippen LogP contribution in [0.1, 0.15) is 12.8 Å². The Balaban J connectivity index is 1.22. The summed E-state index contributed by atoms with van der Waals surface area (Å²) in [7, 11) is 0. The first kappa shape index (κ1) is 26.2. The summed E-state index contributed by atoms with van der Waals surface area (Å²) in [5, 5.41) is 13.6. The van der Waals surface area contributed by atoms with Crippen LogP contribution in [-0.2, 0) is 9.53 Å². The number of halogens is 1. The predicted molar refractivity (Wildman–Crippen MR) is 137 cm³/mol. The van der Waals surface area contributed by atoms with E-state index < -0.39 is 6.10 Å². The molecule has 2 N–H and O–H groups in total. The van der Waals surface area contributed by atoms with Gasteiger partial charge in [0.15, 0.2) is 6.61 Å². The van der Waals surface area contributed by atoms with Gasteiger partial charge in [-0.15, -0.1) is 6.42 Å². The normalized spacial score (nSPS) is 18.9. The maximum Gasteiger partial charge on any atom is 0.251 e. The molecule has 10 nitrogen and oxygen atoms in total. The van der Waals surface area contributed by atoms with Crippen LogP contribution < -0.4 is 14.8 Å². The summed E-state index contributed by atoms with van der Waals surface area (Å²) in [6.07, 6.45) is 7.64. The van der Waals surface area contributed by atoms with E-state index in [9.17, 15) is 9.90 Å². The highest BCUT2D eigenvalue weighted by Crippen LogP contribution is 2.25. The third kappa shape index (κ3) is 7.30. The molecule has 2 fully saturated rings. The number of anilines is 2. The fourth-order valence-corrected chi connectivity index (χ4v) is 4.39. The molecular weight excluding hydrogens is 530 g/mol. The number of aliphatic hydroxyl groups excluding tert-OH is 1. The number of β-amino-alcohol motifs (C(OH)–C–C–N with tert-alkyl or cyclic N) is 1. The maximum atomic E-state index is 12.5. The molecule has 2 aliphatic rings. The van der Waals surface area contributed by atoms with E-state index in [-0.39, 0.29) is 25.2 Å². The van der Waals surface area contributed by atoms with E-state index >= 15 is 0 Å². The number of nitrogens with one attached hydrogen (secondary N) is 1. The summed E-state index contributed by atoms with van der Waals surface area (Å²) in [6, 6.07) is 7.31. The Morgan fingerprint density at radius 3 is 2.92 bits per heavy atom. The molecule has 1 aromatic heterocycles. The second kappa shape index (κ2) is 12.9. The third-order valence-corrected chi connectivity index (χ3v) is 6.44. The highest BCUT2D eigenvalue weighted by molar-refractivity contribution is 9.10. The molecule has 2 saturated heterocycles. The van der Waals surface area contributed by atoms with E-state index in [1.165, 1.54) is 0 Å². The van der Waals surface area contributed by atoms with Crippen molar-refractivity contribution in [1.29, 1.82) is 0 Å². The first-order valence-corrected chi connectivity index (χ1v) is 12.7. The number of piperazine rings is 1. The number of nitrogens with zero attached hydrogens (tertiary/aromatic N) is 4. The molecule has 0 bridgehead atoms. The lowest BCUT2D eigenvalue weighted by Gasteiger charge is -2.36. The number of hydrogen-bond donors (Lipinski definition) is 2. The van der Waals surface area contributed by atoms with E-state index in [1.54, 1.807) is 12.3 Å². The summed E-state index contributed by atoms with van der Waals surface area (Å²) in [4.78, 5) is 25.0. The lowest BCUT2D eigenvalue weighted by Crippen LogP contribution is -2.53. The van der Waals surface area contributed by atoms with Crippen LogP contribution in [0.2, 0.25) is 0 Å². The molecule has 0 saturated carbocycles. The Morgan fingerprint density at radius 2 is 2.17 bits per heavy atom. The molecule has 2 aliphatic heterocycles. The van der Waals surface area contributed by atoms with E-state index in [0.717, 1.165) is 31.6 Å². The molecule has 0 radical (unpaired) electrons. The topological polar surface area (TPSA) is 109 Å². The molecule has 0 spiro atoms. The van der Waals surface area contributed by atoms with Gasteiger partial charge in [0, 0.05) is 51.1 Å². The summed E-state index contributed by atoms with van der Waals surface area (Å²) in [6.45, 7) is 4.13. The molecule has 2 aromatic rings. The van der Waals surface area contributed by atoms with Gasteiger partial charge in [0.05, 0.1) is 10.7 Å². The molecule has 1 amide bonds. The van der Waals surface area contributed by atoms with Crippen LogP contribution in [0, 0.1) is 12.3 Å². The quantitative estimate of drug-likeness (QED) is 0.422. The molecule has 1 aromatic carbocycles. The van der Waals surface area contributed by atoms with Crippen molar-refractivity contribution in [3.05, 3.63) is 34.9 Å². The summed E-state index contributed by atoms with van der Waals surface area (Å²) < 4.78 is 17.3. The highest BCUT2D eigenvalue weighted by Gasteiger charge is 2.30. The van der Waals surface area contributed by atoms with Gasteiger partial charge < -0.3 is 29.5 Å². The first-order valence-electron chi connectivity index (χ1n) is 11.9. The van der Waals surface area contributed by atoms with Gasteiger partial charge in [0.2, 0.25) is 11.8 Å². The minimum atomic E-state index is -0.660. The number of carbonyl (C=O) groups excluding carboxylic acids is 1. The Kier molecular flexibility index (Phi) is 9.35. The lowest BCUT2D eigenvalue weighted by atomic mass is 10.2. The van der Waals surface area contributed by atoms with Gasteiger partial charge in [-0.1, -0.05) is 12.0 Å². The number of amides is 1. The van der Waals surface area contributed by atoms with E-state index in [0.29, 0.717) is 48.3 Å². The molecule has 36 heavy (non-hydrogen) atoms. The van der Waals surface area contributed by atoms with Gasteiger partial charge >= 0.3 is 0 Å². The van der Waals surface area contributed by atoms with Crippen LogP contribution in [0.5, 0.6) is 11.6 Å². The zero-order valence-corrected chi connectivity index (χ0v) is 21.5. The van der Waals surface area contributed by atoms with Crippen LogP contribution >= 0.6 is 15.9 Å². The number of aromatic nitrogens is 2. The van der Waals surface area contributed by atoms with Crippen molar-refractivity contribution in [2.45, 2.75) is 25.0 Å². The van der Waals surface area contributed by atoms with Crippen molar-refractivity contribution >= 4 is 33.5 Å². The van der Waals surface area contributed by atoms with Crippen LogP contribution in [0.3, 0.4) is 0 Å². The van der Waals surface area contributed by atoms with Gasteiger partial charge in [-0.3, -0.25) is 9.69 Å². The average Bonchev–Trinajstić information content (AvgIpc) is 3.43. The van der Waals surface area contributed by atoms with Crippen molar-refractivity contribution in [3.8, 4) is 24.0 Å². The fraction of sp³-hybridized carbons (Fsp3) is 0.480. The van der Waals surface area contributed by atoms with Crippen molar-refractivity contribution in [2.75, 3.05) is 57.9 Å². The standard InChI is InChI=1S/C25H30BrN5O5/c1-2-12-35-23-21(26)15-27-25(29-23)28-18-5-3-6-20(14-18)36-17-19(32)16-30-8-10-31(11-9-30)24(33)22-7-4-13-34-22/h1,3,5-6,14-15,19,22,32H,4,7-13,16-17H2,(H,27,28,29). The SMILES string of the molecule is C#CCOc1nc(Nc2cccc(OCC(O)CN3CCN(C(=O)C4CCCO4)CC3)c2)ncc1Br. The van der Waals surface area contributed by atoms with E-state index in [1.807, 2.05) is 23.1 Å². The molecule has 2 atom stereocenters. The van der Waals surface area contributed by atoms with Crippen LogP contribution in [-0.4, -0.2) is 95.5 Å². The van der Waals surface area contributed by atoms with Crippen molar-refractivity contribution in [2.24, 2.45) is 0 Å². The monoisotopic (exact) mass is 559 g/mol. The second-order valence-electron chi connectivity index (χ2n) is 8.58. The predicted octanol–water partition coefficient (Wildman–Crippen LogP) is 2.06.